The molecule has 25 heavy (non-hydrogen) atoms. The number of hydrogen-bond donors (Lipinski definition) is 2. The number of benzene rings is 2. The summed E-state index contributed by atoms with van der Waals surface area (Å²) in [4.78, 5) is 23.6. The maximum absolute atomic E-state index is 11.9. The summed E-state index contributed by atoms with van der Waals surface area (Å²) in [7, 11) is 0. The van der Waals surface area contributed by atoms with Crippen molar-refractivity contribution in [3.63, 3.8) is 0 Å². The molecule has 0 spiro atoms. The molecule has 0 atom stereocenters. The second-order valence-corrected chi connectivity index (χ2v) is 5.93. The molecule has 0 aliphatic rings. The number of rotatable bonds is 7. The van der Waals surface area contributed by atoms with E-state index < -0.39 is 0 Å². The SMILES string of the molecule is Cc1c(Cl)cccc1NC(=O)CCCC(=O)N/N=C\c1ccccc1. The van der Waals surface area contributed by atoms with Crippen LogP contribution in [0.2, 0.25) is 5.02 Å². The normalized spacial score (nSPS) is 10.6. The van der Waals surface area contributed by atoms with Crippen LogP contribution < -0.4 is 10.7 Å². The lowest BCUT2D eigenvalue weighted by Gasteiger charge is -2.09. The van der Waals surface area contributed by atoms with E-state index in [9.17, 15) is 9.59 Å². The smallest absolute Gasteiger partial charge is 0.240 e. The molecule has 2 rings (SSSR count). The van der Waals surface area contributed by atoms with Crippen molar-refractivity contribution >= 4 is 35.3 Å². The molecule has 130 valence electrons. The van der Waals surface area contributed by atoms with Gasteiger partial charge in [-0.3, -0.25) is 9.59 Å². The van der Waals surface area contributed by atoms with Crippen LogP contribution in [0.25, 0.3) is 0 Å². The number of carbonyl (C=O) groups is 2. The second kappa shape index (κ2) is 9.59. The van der Waals surface area contributed by atoms with Gasteiger partial charge in [-0.25, -0.2) is 5.43 Å². The lowest BCUT2D eigenvalue weighted by atomic mass is 10.2. The maximum Gasteiger partial charge on any atom is 0.240 e. The predicted octanol–water partition coefficient (Wildman–Crippen LogP) is 3.91. The molecule has 0 radical (unpaired) electrons. The van der Waals surface area contributed by atoms with E-state index in [1.54, 1.807) is 24.4 Å². The van der Waals surface area contributed by atoms with Crippen molar-refractivity contribution in [3.05, 3.63) is 64.7 Å². The van der Waals surface area contributed by atoms with Gasteiger partial charge in [0.15, 0.2) is 0 Å². The average Bonchev–Trinajstić information content (AvgIpc) is 2.60. The molecule has 0 saturated carbocycles. The number of nitrogens with zero attached hydrogens (tertiary/aromatic N) is 1. The fourth-order valence-electron chi connectivity index (χ4n) is 2.14. The van der Waals surface area contributed by atoms with E-state index in [4.69, 9.17) is 11.6 Å². The zero-order valence-corrected chi connectivity index (χ0v) is 14.7. The van der Waals surface area contributed by atoms with Crippen molar-refractivity contribution in [2.75, 3.05) is 5.32 Å². The van der Waals surface area contributed by atoms with Gasteiger partial charge in [-0.15, -0.1) is 0 Å². The number of halogens is 1. The van der Waals surface area contributed by atoms with Crippen molar-refractivity contribution < 1.29 is 9.59 Å². The van der Waals surface area contributed by atoms with E-state index in [0.29, 0.717) is 17.1 Å². The van der Waals surface area contributed by atoms with Gasteiger partial charge >= 0.3 is 0 Å². The Labute approximate surface area is 152 Å². The fourth-order valence-corrected chi connectivity index (χ4v) is 2.31. The molecule has 0 heterocycles. The molecule has 2 aromatic carbocycles. The van der Waals surface area contributed by atoms with Crippen LogP contribution in [0.4, 0.5) is 5.69 Å². The summed E-state index contributed by atoms with van der Waals surface area (Å²) in [5, 5.41) is 7.30. The van der Waals surface area contributed by atoms with E-state index in [2.05, 4.69) is 15.8 Å². The predicted molar refractivity (Wildman–Crippen MR) is 101 cm³/mol. The maximum atomic E-state index is 11.9. The molecule has 0 unspecified atom stereocenters. The number of carbonyl (C=O) groups excluding carboxylic acids is 2. The Balaban J connectivity index is 1.69. The van der Waals surface area contributed by atoms with Gasteiger partial charge in [0.2, 0.25) is 11.8 Å². The largest absolute Gasteiger partial charge is 0.326 e. The van der Waals surface area contributed by atoms with Crippen molar-refractivity contribution in [2.45, 2.75) is 26.2 Å². The van der Waals surface area contributed by atoms with Crippen LogP contribution in [0.1, 0.15) is 30.4 Å². The molecule has 5 nitrogen and oxygen atoms in total. The zero-order valence-electron chi connectivity index (χ0n) is 14.0. The molecule has 0 saturated heterocycles. The Hall–Kier alpha value is -2.66. The van der Waals surface area contributed by atoms with E-state index >= 15 is 0 Å². The van der Waals surface area contributed by atoms with E-state index in [-0.39, 0.29) is 24.7 Å². The van der Waals surface area contributed by atoms with E-state index in [1.807, 2.05) is 37.3 Å². The summed E-state index contributed by atoms with van der Waals surface area (Å²) >= 11 is 6.02. The summed E-state index contributed by atoms with van der Waals surface area (Å²) in [6.45, 7) is 1.84. The van der Waals surface area contributed by atoms with Crippen LogP contribution in [-0.2, 0) is 9.59 Å². The van der Waals surface area contributed by atoms with Gasteiger partial charge in [0.05, 0.1) is 6.21 Å². The minimum Gasteiger partial charge on any atom is -0.326 e. The van der Waals surface area contributed by atoms with Crippen molar-refractivity contribution in [1.82, 2.24) is 5.43 Å². The third-order valence-corrected chi connectivity index (χ3v) is 3.96. The van der Waals surface area contributed by atoms with E-state index in [0.717, 1.165) is 11.1 Å². The highest BCUT2D eigenvalue weighted by atomic mass is 35.5. The summed E-state index contributed by atoms with van der Waals surface area (Å²) in [6.07, 6.45) is 2.50. The standard InChI is InChI=1S/C19H20ClN3O2/c1-14-16(20)9-5-10-17(14)22-18(24)11-6-12-19(25)23-21-13-15-7-3-2-4-8-15/h2-5,7-10,13H,6,11-12H2,1H3,(H,22,24)(H,23,25)/b21-13-. The van der Waals surface area contributed by atoms with Gasteiger partial charge in [0.1, 0.15) is 0 Å². The van der Waals surface area contributed by atoms with Crippen LogP contribution >= 0.6 is 11.6 Å². The van der Waals surface area contributed by atoms with Gasteiger partial charge in [-0.05, 0) is 36.6 Å². The minimum absolute atomic E-state index is 0.147. The molecule has 2 aromatic rings. The molecular weight excluding hydrogens is 338 g/mol. The van der Waals surface area contributed by atoms with Crippen LogP contribution in [-0.4, -0.2) is 18.0 Å². The third kappa shape index (κ3) is 6.39. The Kier molecular flexibility index (Phi) is 7.16. The van der Waals surface area contributed by atoms with Gasteiger partial charge in [0.25, 0.3) is 0 Å². The van der Waals surface area contributed by atoms with E-state index in [1.165, 1.54) is 0 Å². The summed E-state index contributed by atoms with van der Waals surface area (Å²) in [5.41, 5.74) is 4.87. The number of amides is 2. The van der Waals surface area contributed by atoms with Crippen molar-refractivity contribution in [1.29, 1.82) is 0 Å². The highest BCUT2D eigenvalue weighted by Crippen LogP contribution is 2.23. The average molecular weight is 358 g/mol. The molecule has 2 N–H and O–H groups in total. The lowest BCUT2D eigenvalue weighted by Crippen LogP contribution is -2.18. The Morgan fingerprint density at radius 1 is 1.04 bits per heavy atom. The summed E-state index contributed by atoms with van der Waals surface area (Å²) < 4.78 is 0. The highest BCUT2D eigenvalue weighted by molar-refractivity contribution is 6.31. The minimum atomic E-state index is -0.223. The number of anilines is 1. The monoisotopic (exact) mass is 357 g/mol. The first-order valence-electron chi connectivity index (χ1n) is 7.98. The molecule has 0 aromatic heterocycles. The van der Waals surface area contributed by atoms with Crippen LogP contribution in [0.15, 0.2) is 53.6 Å². The molecule has 6 heteroatoms. The highest BCUT2D eigenvalue weighted by Gasteiger charge is 2.08. The first-order chi connectivity index (χ1) is 12.1. The molecule has 2 amide bonds. The molecule has 0 fully saturated rings. The first kappa shape index (κ1) is 18.7. The number of hydrogen-bond acceptors (Lipinski definition) is 3. The summed E-state index contributed by atoms with van der Waals surface area (Å²) in [5.74, 6) is -0.370. The number of nitrogens with one attached hydrogen (secondary N) is 2. The first-order valence-corrected chi connectivity index (χ1v) is 8.36. The van der Waals surface area contributed by atoms with Gasteiger partial charge in [-0.1, -0.05) is 48.0 Å². The van der Waals surface area contributed by atoms with Crippen molar-refractivity contribution in [3.8, 4) is 0 Å². The Morgan fingerprint density at radius 3 is 2.52 bits per heavy atom. The second-order valence-electron chi connectivity index (χ2n) is 5.52. The molecule has 0 aliphatic carbocycles. The van der Waals surface area contributed by atoms with Crippen LogP contribution in [0, 0.1) is 6.92 Å². The van der Waals surface area contributed by atoms with Gasteiger partial charge in [0, 0.05) is 23.6 Å². The number of hydrazone groups is 1. The third-order valence-electron chi connectivity index (χ3n) is 3.55. The fraction of sp³-hybridized carbons (Fsp3) is 0.211. The quantitative estimate of drug-likeness (QED) is 0.582. The molecule has 0 bridgehead atoms. The molecular formula is C19H20ClN3O2. The Morgan fingerprint density at radius 2 is 1.76 bits per heavy atom. The van der Waals surface area contributed by atoms with Gasteiger partial charge in [-0.2, -0.15) is 5.10 Å². The summed E-state index contributed by atoms with van der Waals surface area (Å²) in [6, 6.07) is 14.8. The zero-order chi connectivity index (χ0) is 18.1. The van der Waals surface area contributed by atoms with Crippen LogP contribution in [0.3, 0.4) is 0 Å². The Bertz CT molecular complexity index is 761. The van der Waals surface area contributed by atoms with Crippen LogP contribution in [0.5, 0.6) is 0 Å². The topological polar surface area (TPSA) is 70.6 Å². The molecule has 0 aliphatic heterocycles. The van der Waals surface area contributed by atoms with Crippen molar-refractivity contribution in [2.24, 2.45) is 5.10 Å². The lowest BCUT2D eigenvalue weighted by molar-refractivity contribution is -0.121. The van der Waals surface area contributed by atoms with Gasteiger partial charge < -0.3 is 5.32 Å².